The summed E-state index contributed by atoms with van der Waals surface area (Å²) < 4.78 is 6.07. The second-order valence-electron chi connectivity index (χ2n) is 9.61. The largest absolute Gasteiger partial charge is 0.508 e. The quantitative estimate of drug-likeness (QED) is 0.196. The molecule has 0 fully saturated rings. The van der Waals surface area contributed by atoms with Crippen LogP contribution in [0, 0.1) is 0 Å². The minimum atomic E-state index is 0.211. The van der Waals surface area contributed by atoms with E-state index in [1.54, 1.807) is 6.07 Å². The molecule has 0 radical (unpaired) electrons. The molecule has 2 nitrogen and oxygen atoms in total. The Labute approximate surface area is 194 Å². The summed E-state index contributed by atoms with van der Waals surface area (Å²) in [6.07, 6.45) is 25.4. The van der Waals surface area contributed by atoms with Crippen LogP contribution in [0.1, 0.15) is 142 Å². The van der Waals surface area contributed by atoms with E-state index in [9.17, 15) is 5.11 Å². The molecule has 0 aliphatic heterocycles. The van der Waals surface area contributed by atoms with Gasteiger partial charge in [0.25, 0.3) is 0 Å². The first-order chi connectivity index (χ1) is 15.2. The Bertz CT molecular complexity index is 525. The van der Waals surface area contributed by atoms with Crippen molar-refractivity contribution in [2.75, 3.05) is 0 Å². The van der Waals surface area contributed by atoms with Crippen molar-refractivity contribution < 1.29 is 9.84 Å². The van der Waals surface area contributed by atoms with Crippen molar-refractivity contribution >= 4 is 0 Å². The van der Waals surface area contributed by atoms with Gasteiger partial charge in [0.2, 0.25) is 0 Å². The third kappa shape index (κ3) is 16.2. The number of phenolic OH excluding ortho intramolecular Hbond substituents is 1. The molecule has 0 aliphatic rings. The molecule has 1 rings (SSSR count). The summed E-state index contributed by atoms with van der Waals surface area (Å²) in [7, 11) is 0. The molecule has 0 saturated heterocycles. The summed E-state index contributed by atoms with van der Waals surface area (Å²) in [6, 6.07) is 5.79. The van der Waals surface area contributed by atoms with Crippen LogP contribution in [0.2, 0.25) is 0 Å². The van der Waals surface area contributed by atoms with Crippen LogP contribution in [-0.2, 0) is 6.42 Å². The van der Waals surface area contributed by atoms with Crippen LogP contribution in [0.4, 0.5) is 0 Å². The molecule has 1 aromatic rings. The Morgan fingerprint density at radius 3 is 1.68 bits per heavy atom. The Hall–Kier alpha value is -1.18. The summed E-state index contributed by atoms with van der Waals surface area (Å²) in [6.45, 7) is 6.67. The molecular weight excluding hydrogens is 380 g/mol. The number of phenols is 1. The number of aryl methyl sites for hydroxylation is 1. The van der Waals surface area contributed by atoms with Gasteiger partial charge in [0.1, 0.15) is 11.5 Å². The van der Waals surface area contributed by atoms with E-state index in [0.29, 0.717) is 5.75 Å². The highest BCUT2D eigenvalue weighted by Crippen LogP contribution is 2.25. The number of hydrogen-bond donors (Lipinski definition) is 1. The van der Waals surface area contributed by atoms with Gasteiger partial charge in [-0.2, -0.15) is 0 Å². The Morgan fingerprint density at radius 1 is 0.645 bits per heavy atom. The Kier molecular flexibility index (Phi) is 17.5. The first-order valence-electron chi connectivity index (χ1n) is 13.6. The smallest absolute Gasteiger partial charge is 0.123 e. The zero-order valence-electron chi connectivity index (χ0n) is 21.1. The molecule has 0 aliphatic carbocycles. The van der Waals surface area contributed by atoms with Crippen LogP contribution in [-0.4, -0.2) is 11.2 Å². The number of hydrogen-bond acceptors (Lipinski definition) is 2. The molecule has 2 heteroatoms. The van der Waals surface area contributed by atoms with Gasteiger partial charge in [-0.1, -0.05) is 110 Å². The van der Waals surface area contributed by atoms with Crippen LogP contribution in [0.3, 0.4) is 0 Å². The van der Waals surface area contributed by atoms with Gasteiger partial charge in [0.15, 0.2) is 0 Å². The lowest BCUT2D eigenvalue weighted by molar-refractivity contribution is 0.205. The monoisotopic (exact) mass is 432 g/mol. The van der Waals surface area contributed by atoms with Crippen molar-refractivity contribution in [2.45, 2.75) is 149 Å². The van der Waals surface area contributed by atoms with Crippen molar-refractivity contribution in [2.24, 2.45) is 0 Å². The van der Waals surface area contributed by atoms with Gasteiger partial charge in [-0.3, -0.25) is 0 Å². The van der Waals surface area contributed by atoms with Gasteiger partial charge < -0.3 is 9.84 Å². The van der Waals surface area contributed by atoms with Gasteiger partial charge in [-0.15, -0.1) is 0 Å². The van der Waals surface area contributed by atoms with E-state index in [-0.39, 0.29) is 6.10 Å². The van der Waals surface area contributed by atoms with Gasteiger partial charge in [-0.25, -0.2) is 0 Å². The highest BCUT2D eigenvalue weighted by Gasteiger charge is 2.07. The lowest BCUT2D eigenvalue weighted by atomic mass is 10.0. The molecule has 0 heterocycles. The molecule has 1 unspecified atom stereocenters. The van der Waals surface area contributed by atoms with Crippen LogP contribution in [0.25, 0.3) is 0 Å². The molecule has 1 aromatic carbocycles. The fourth-order valence-electron chi connectivity index (χ4n) is 4.35. The average molecular weight is 433 g/mol. The molecule has 1 N–H and O–H groups in total. The highest BCUT2D eigenvalue weighted by atomic mass is 16.5. The molecule has 180 valence electrons. The van der Waals surface area contributed by atoms with E-state index in [0.717, 1.165) is 18.6 Å². The molecule has 0 spiro atoms. The fraction of sp³-hybridized carbons (Fsp3) is 0.793. The maximum Gasteiger partial charge on any atom is 0.123 e. The number of ether oxygens (including phenoxy) is 1. The standard InChI is InChI=1S/C29H52O2/c1-4-6-8-10-11-12-13-14-15-16-17-18-20-22-27-23-28(30)25-29(24-27)31-26(3)21-19-9-7-5-2/h23-26,30H,4-22H2,1-3H3. The highest BCUT2D eigenvalue weighted by molar-refractivity contribution is 5.37. The normalized spacial score (nSPS) is 12.2. The fourth-order valence-corrected chi connectivity index (χ4v) is 4.35. The van der Waals surface area contributed by atoms with Gasteiger partial charge in [0, 0.05) is 6.07 Å². The molecule has 1 atom stereocenters. The Morgan fingerprint density at radius 2 is 1.13 bits per heavy atom. The first kappa shape index (κ1) is 27.9. The van der Waals surface area contributed by atoms with E-state index in [1.165, 1.54) is 115 Å². The lowest BCUT2D eigenvalue weighted by Gasteiger charge is -2.16. The third-order valence-corrected chi connectivity index (χ3v) is 6.32. The second kappa shape index (κ2) is 19.5. The van der Waals surface area contributed by atoms with Crippen LogP contribution >= 0.6 is 0 Å². The second-order valence-corrected chi connectivity index (χ2v) is 9.61. The van der Waals surface area contributed by atoms with E-state index in [2.05, 4.69) is 26.8 Å². The van der Waals surface area contributed by atoms with E-state index >= 15 is 0 Å². The predicted molar refractivity (Wildman–Crippen MR) is 136 cm³/mol. The summed E-state index contributed by atoms with van der Waals surface area (Å²) in [5.41, 5.74) is 1.20. The van der Waals surface area contributed by atoms with Crippen molar-refractivity contribution in [1.82, 2.24) is 0 Å². The van der Waals surface area contributed by atoms with Crippen LogP contribution < -0.4 is 4.74 Å². The van der Waals surface area contributed by atoms with Gasteiger partial charge >= 0.3 is 0 Å². The van der Waals surface area contributed by atoms with E-state index < -0.39 is 0 Å². The summed E-state index contributed by atoms with van der Waals surface area (Å²) in [5, 5.41) is 10.1. The lowest BCUT2D eigenvalue weighted by Crippen LogP contribution is -2.11. The SMILES string of the molecule is CCCCCCCCCCCCCCCc1cc(O)cc(OC(C)CCCCCC)c1. The molecule has 0 saturated carbocycles. The van der Waals surface area contributed by atoms with Crippen molar-refractivity contribution in [3.63, 3.8) is 0 Å². The van der Waals surface area contributed by atoms with Crippen LogP contribution in [0.5, 0.6) is 11.5 Å². The maximum atomic E-state index is 10.1. The number of unbranched alkanes of at least 4 members (excludes halogenated alkanes) is 15. The number of rotatable bonds is 21. The minimum absolute atomic E-state index is 0.211. The molecule has 0 aromatic heterocycles. The van der Waals surface area contributed by atoms with Crippen molar-refractivity contribution in [3.05, 3.63) is 23.8 Å². The summed E-state index contributed by atoms with van der Waals surface area (Å²) >= 11 is 0. The number of aromatic hydroxyl groups is 1. The summed E-state index contributed by atoms with van der Waals surface area (Å²) in [5.74, 6) is 1.16. The Balaban J connectivity index is 2.09. The topological polar surface area (TPSA) is 29.5 Å². The third-order valence-electron chi connectivity index (χ3n) is 6.32. The van der Waals surface area contributed by atoms with Crippen molar-refractivity contribution in [3.8, 4) is 11.5 Å². The minimum Gasteiger partial charge on any atom is -0.508 e. The molecular formula is C29H52O2. The van der Waals surface area contributed by atoms with E-state index in [1.807, 2.05) is 6.07 Å². The number of benzene rings is 1. The average Bonchev–Trinajstić information content (AvgIpc) is 2.74. The zero-order chi connectivity index (χ0) is 22.6. The molecule has 0 amide bonds. The van der Waals surface area contributed by atoms with Gasteiger partial charge in [-0.05, 0) is 50.3 Å². The van der Waals surface area contributed by atoms with Crippen molar-refractivity contribution in [1.29, 1.82) is 0 Å². The first-order valence-corrected chi connectivity index (χ1v) is 13.6. The van der Waals surface area contributed by atoms with Gasteiger partial charge in [0.05, 0.1) is 6.10 Å². The van der Waals surface area contributed by atoms with Crippen LogP contribution in [0.15, 0.2) is 18.2 Å². The maximum absolute atomic E-state index is 10.1. The predicted octanol–water partition coefficient (Wildman–Crippen LogP) is 9.76. The van der Waals surface area contributed by atoms with E-state index in [4.69, 9.17) is 4.74 Å². The summed E-state index contributed by atoms with van der Waals surface area (Å²) in [4.78, 5) is 0. The molecule has 31 heavy (non-hydrogen) atoms. The molecule has 0 bridgehead atoms. The zero-order valence-corrected chi connectivity index (χ0v) is 21.1.